The molecule has 0 saturated carbocycles. The van der Waals surface area contributed by atoms with Gasteiger partial charge in [0, 0.05) is 32.8 Å². The number of nitrogens with zero attached hydrogens (tertiary/aromatic N) is 4. The predicted octanol–water partition coefficient (Wildman–Crippen LogP) is 0.0187. The van der Waals surface area contributed by atoms with E-state index in [4.69, 9.17) is 10.9 Å². The first-order valence-corrected chi connectivity index (χ1v) is 5.33. The van der Waals surface area contributed by atoms with Crippen LogP contribution in [-0.2, 0) is 7.05 Å². The highest BCUT2D eigenvalue weighted by atomic mass is 16.4. The van der Waals surface area contributed by atoms with Gasteiger partial charge in [-0.3, -0.25) is 9.48 Å². The molecule has 0 spiro atoms. The van der Waals surface area contributed by atoms with E-state index in [2.05, 4.69) is 10.3 Å². The molecule has 7 heteroatoms. The number of oxime groups is 1. The molecular weight excluding hydrogens is 222 g/mol. The topological polar surface area (TPSA) is 96.7 Å². The fourth-order valence-corrected chi connectivity index (χ4v) is 1.39. The molecule has 1 amide bonds. The lowest BCUT2D eigenvalue weighted by molar-refractivity contribution is 0.0761. The van der Waals surface area contributed by atoms with Crippen molar-refractivity contribution >= 4 is 11.7 Å². The quantitative estimate of drug-likeness (QED) is 0.327. The minimum Gasteiger partial charge on any atom is -0.409 e. The Bertz CT molecular complexity index is 413. The van der Waals surface area contributed by atoms with Gasteiger partial charge in [0.15, 0.2) is 0 Å². The number of amidine groups is 1. The summed E-state index contributed by atoms with van der Waals surface area (Å²) in [4.78, 5) is 13.6. The lowest BCUT2D eigenvalue weighted by Gasteiger charge is -2.19. The molecule has 1 aromatic heterocycles. The van der Waals surface area contributed by atoms with Crippen LogP contribution in [0.15, 0.2) is 17.4 Å². The third kappa shape index (κ3) is 3.47. The van der Waals surface area contributed by atoms with Gasteiger partial charge in [0.2, 0.25) is 0 Å². The van der Waals surface area contributed by atoms with E-state index in [9.17, 15) is 4.79 Å². The van der Waals surface area contributed by atoms with E-state index in [0.717, 1.165) is 0 Å². The molecule has 0 aliphatic carbocycles. The maximum atomic E-state index is 12.0. The largest absolute Gasteiger partial charge is 0.409 e. The molecule has 1 aromatic rings. The van der Waals surface area contributed by atoms with Crippen molar-refractivity contribution in [2.45, 2.75) is 13.3 Å². The number of carbonyl (C=O) groups excluding carboxylic acids is 1. The van der Waals surface area contributed by atoms with Crippen molar-refractivity contribution < 1.29 is 10.0 Å². The van der Waals surface area contributed by atoms with Gasteiger partial charge in [0.25, 0.3) is 5.91 Å². The number of carbonyl (C=O) groups is 1. The predicted molar refractivity (Wildman–Crippen MR) is 62.8 cm³/mol. The summed E-state index contributed by atoms with van der Waals surface area (Å²) in [6.45, 7) is 2.82. The zero-order chi connectivity index (χ0) is 12.8. The second-order valence-electron chi connectivity index (χ2n) is 3.60. The Balaban J connectivity index is 2.64. The van der Waals surface area contributed by atoms with Crippen molar-refractivity contribution in [3.05, 3.63) is 18.0 Å². The monoisotopic (exact) mass is 239 g/mol. The normalized spacial score (nSPS) is 11.5. The molecule has 3 N–H and O–H groups in total. The summed E-state index contributed by atoms with van der Waals surface area (Å²) in [6, 6.07) is 1.66. The van der Waals surface area contributed by atoms with Crippen molar-refractivity contribution in [1.82, 2.24) is 14.7 Å². The van der Waals surface area contributed by atoms with Crippen LogP contribution in [0.5, 0.6) is 0 Å². The van der Waals surface area contributed by atoms with Crippen molar-refractivity contribution in [3.8, 4) is 0 Å². The molecule has 0 radical (unpaired) electrons. The van der Waals surface area contributed by atoms with Crippen LogP contribution in [-0.4, -0.2) is 44.7 Å². The number of amides is 1. The van der Waals surface area contributed by atoms with Crippen molar-refractivity contribution in [3.63, 3.8) is 0 Å². The maximum absolute atomic E-state index is 12.0. The van der Waals surface area contributed by atoms with Gasteiger partial charge in [-0.15, -0.1) is 0 Å². The number of hydrogen-bond donors (Lipinski definition) is 2. The standard InChI is InChI=1S/C10H17N5O2/c1-3-15(7-5-9(11)13-17)10(16)8-4-6-14(2)12-8/h4,6,17H,3,5,7H2,1-2H3,(H2,11,13). The minimum absolute atomic E-state index is 0.109. The molecule has 1 rings (SSSR count). The Kier molecular flexibility index (Phi) is 4.50. The van der Waals surface area contributed by atoms with Gasteiger partial charge in [-0.05, 0) is 13.0 Å². The zero-order valence-electron chi connectivity index (χ0n) is 10.00. The zero-order valence-corrected chi connectivity index (χ0v) is 10.00. The van der Waals surface area contributed by atoms with E-state index in [0.29, 0.717) is 25.2 Å². The molecule has 17 heavy (non-hydrogen) atoms. The number of aryl methyl sites for hydroxylation is 1. The van der Waals surface area contributed by atoms with Crippen LogP contribution < -0.4 is 5.73 Å². The van der Waals surface area contributed by atoms with E-state index in [1.54, 1.807) is 28.9 Å². The highest BCUT2D eigenvalue weighted by Gasteiger charge is 2.16. The van der Waals surface area contributed by atoms with Crippen molar-refractivity contribution in [2.75, 3.05) is 13.1 Å². The molecule has 0 aliphatic heterocycles. The van der Waals surface area contributed by atoms with Crippen LogP contribution in [0.4, 0.5) is 0 Å². The summed E-state index contributed by atoms with van der Waals surface area (Å²) in [5.41, 5.74) is 5.76. The fourth-order valence-electron chi connectivity index (χ4n) is 1.39. The minimum atomic E-state index is -0.154. The molecular formula is C10H17N5O2. The number of rotatable bonds is 5. The van der Waals surface area contributed by atoms with Gasteiger partial charge in [0.05, 0.1) is 0 Å². The van der Waals surface area contributed by atoms with E-state index >= 15 is 0 Å². The van der Waals surface area contributed by atoms with Crippen molar-refractivity contribution in [1.29, 1.82) is 0 Å². The molecule has 0 unspecified atom stereocenters. The molecule has 94 valence electrons. The number of hydrogen-bond acceptors (Lipinski definition) is 4. The Morgan fingerprint density at radius 2 is 2.41 bits per heavy atom. The van der Waals surface area contributed by atoms with Crippen LogP contribution in [0.3, 0.4) is 0 Å². The summed E-state index contributed by atoms with van der Waals surface area (Å²) in [5, 5.41) is 15.3. The number of aromatic nitrogens is 2. The lowest BCUT2D eigenvalue weighted by Crippen LogP contribution is -2.34. The Hall–Kier alpha value is -2.05. The van der Waals surface area contributed by atoms with Crippen molar-refractivity contribution in [2.24, 2.45) is 17.9 Å². The Morgan fingerprint density at radius 1 is 1.71 bits per heavy atom. The van der Waals surface area contributed by atoms with Crippen LogP contribution in [0.25, 0.3) is 0 Å². The smallest absolute Gasteiger partial charge is 0.274 e. The molecule has 0 fully saturated rings. The molecule has 0 aromatic carbocycles. The highest BCUT2D eigenvalue weighted by Crippen LogP contribution is 2.02. The summed E-state index contributed by atoms with van der Waals surface area (Å²) in [6.07, 6.45) is 2.05. The first-order valence-electron chi connectivity index (χ1n) is 5.33. The highest BCUT2D eigenvalue weighted by molar-refractivity contribution is 5.92. The SMILES string of the molecule is CCN(CC/C(N)=N/O)C(=O)c1ccn(C)n1. The van der Waals surface area contributed by atoms with E-state index in [1.165, 1.54) is 0 Å². The lowest BCUT2D eigenvalue weighted by atomic mass is 10.3. The molecule has 1 heterocycles. The molecule has 0 atom stereocenters. The first kappa shape index (κ1) is 13.0. The van der Waals surface area contributed by atoms with Gasteiger partial charge in [-0.25, -0.2) is 0 Å². The average Bonchev–Trinajstić information content (AvgIpc) is 2.76. The second kappa shape index (κ2) is 5.88. The third-order valence-corrected chi connectivity index (χ3v) is 2.37. The Morgan fingerprint density at radius 3 is 2.88 bits per heavy atom. The van der Waals surface area contributed by atoms with E-state index < -0.39 is 0 Å². The summed E-state index contributed by atoms with van der Waals surface area (Å²) in [5.74, 6) is -0.0453. The molecule has 0 bridgehead atoms. The molecule has 7 nitrogen and oxygen atoms in total. The summed E-state index contributed by atoms with van der Waals surface area (Å²) < 4.78 is 1.57. The van der Waals surface area contributed by atoms with Gasteiger partial charge in [-0.2, -0.15) is 5.10 Å². The number of nitrogens with two attached hydrogens (primary N) is 1. The maximum Gasteiger partial charge on any atom is 0.274 e. The molecule has 0 aliphatic rings. The Labute approximate surface area is 99.5 Å². The van der Waals surface area contributed by atoms with Gasteiger partial charge >= 0.3 is 0 Å². The second-order valence-corrected chi connectivity index (χ2v) is 3.60. The van der Waals surface area contributed by atoms with Crippen LogP contribution in [0.1, 0.15) is 23.8 Å². The fraction of sp³-hybridized carbons (Fsp3) is 0.500. The van der Waals surface area contributed by atoms with Gasteiger partial charge in [-0.1, -0.05) is 5.16 Å². The summed E-state index contributed by atoms with van der Waals surface area (Å²) in [7, 11) is 1.75. The van der Waals surface area contributed by atoms with Crippen LogP contribution in [0.2, 0.25) is 0 Å². The van der Waals surface area contributed by atoms with Crippen LogP contribution >= 0.6 is 0 Å². The van der Waals surface area contributed by atoms with Gasteiger partial charge in [0.1, 0.15) is 11.5 Å². The summed E-state index contributed by atoms with van der Waals surface area (Å²) >= 11 is 0. The van der Waals surface area contributed by atoms with Crippen LogP contribution in [0, 0.1) is 0 Å². The molecule has 0 saturated heterocycles. The van der Waals surface area contributed by atoms with E-state index in [1.807, 2.05) is 6.92 Å². The first-order chi connectivity index (χ1) is 8.08. The third-order valence-electron chi connectivity index (χ3n) is 2.37. The van der Waals surface area contributed by atoms with E-state index in [-0.39, 0.29) is 11.7 Å². The average molecular weight is 239 g/mol. The van der Waals surface area contributed by atoms with Gasteiger partial charge < -0.3 is 15.8 Å².